The molecule has 1 heterocycles. The second-order valence-electron chi connectivity index (χ2n) is 5.21. The zero-order valence-corrected chi connectivity index (χ0v) is 14.4. The number of rotatable bonds is 7. The first kappa shape index (κ1) is 17.9. The molecule has 0 aliphatic carbocycles. The number of ether oxygens (including phenoxy) is 1. The zero-order chi connectivity index (χ0) is 17.5. The predicted octanol–water partition coefficient (Wildman–Crippen LogP) is 2.85. The van der Waals surface area contributed by atoms with Gasteiger partial charge < -0.3 is 10.1 Å². The van der Waals surface area contributed by atoms with Crippen LogP contribution < -0.4 is 5.32 Å². The fourth-order valence-electron chi connectivity index (χ4n) is 2.08. The molecule has 1 N–H and O–H groups in total. The van der Waals surface area contributed by atoms with E-state index in [2.05, 4.69) is 5.32 Å². The highest BCUT2D eigenvalue weighted by atomic mass is 32.1. The Morgan fingerprint density at radius 2 is 1.88 bits per heavy atom. The first-order chi connectivity index (χ1) is 11.5. The summed E-state index contributed by atoms with van der Waals surface area (Å²) in [4.78, 5) is 36.3. The molecule has 0 saturated carbocycles. The predicted molar refractivity (Wildman–Crippen MR) is 92.4 cm³/mol. The number of benzene rings is 1. The molecule has 0 spiro atoms. The van der Waals surface area contributed by atoms with E-state index in [-0.39, 0.29) is 18.2 Å². The highest BCUT2D eigenvalue weighted by Gasteiger charge is 2.20. The van der Waals surface area contributed by atoms with Crippen molar-refractivity contribution in [3.63, 3.8) is 0 Å². The van der Waals surface area contributed by atoms with E-state index in [1.807, 2.05) is 19.1 Å². The molecule has 0 unspecified atom stereocenters. The van der Waals surface area contributed by atoms with Crippen LogP contribution in [0.3, 0.4) is 0 Å². The molecule has 0 radical (unpaired) electrons. The molecule has 0 aliphatic rings. The number of hydrogen-bond donors (Lipinski definition) is 1. The quantitative estimate of drug-likeness (QED) is 0.619. The Morgan fingerprint density at radius 3 is 2.46 bits per heavy atom. The number of hydrogen-bond acceptors (Lipinski definition) is 5. The monoisotopic (exact) mass is 345 g/mol. The largest absolute Gasteiger partial charge is 0.453 e. The average Bonchev–Trinajstić information content (AvgIpc) is 3.13. The van der Waals surface area contributed by atoms with Crippen molar-refractivity contribution in [2.75, 3.05) is 6.54 Å². The average molecular weight is 345 g/mol. The number of thiophene rings is 1. The standard InChI is InChI=1S/C18H19NO4S/c1-3-13-6-8-14(9-7-13)17(21)12(2)23-16(20)11-19-18(22)15-5-4-10-24-15/h4-10,12H,3,11H2,1-2H3,(H,19,22)/t12-/m0/s1. The molecule has 24 heavy (non-hydrogen) atoms. The first-order valence-electron chi connectivity index (χ1n) is 7.65. The number of nitrogens with one attached hydrogen (secondary N) is 1. The summed E-state index contributed by atoms with van der Waals surface area (Å²) < 4.78 is 5.09. The highest BCUT2D eigenvalue weighted by molar-refractivity contribution is 7.12. The summed E-state index contributed by atoms with van der Waals surface area (Å²) in [5, 5.41) is 4.25. The van der Waals surface area contributed by atoms with Gasteiger partial charge in [0.1, 0.15) is 6.54 Å². The van der Waals surface area contributed by atoms with Gasteiger partial charge in [-0.2, -0.15) is 0 Å². The minimum Gasteiger partial charge on any atom is -0.453 e. The van der Waals surface area contributed by atoms with Crippen molar-refractivity contribution < 1.29 is 19.1 Å². The number of carbonyl (C=O) groups is 3. The Morgan fingerprint density at radius 1 is 1.17 bits per heavy atom. The number of amides is 1. The summed E-state index contributed by atoms with van der Waals surface area (Å²) in [5.41, 5.74) is 1.63. The van der Waals surface area contributed by atoms with Gasteiger partial charge in [0.25, 0.3) is 5.91 Å². The molecule has 0 aliphatic heterocycles. The molecular weight excluding hydrogens is 326 g/mol. The van der Waals surface area contributed by atoms with E-state index >= 15 is 0 Å². The van der Waals surface area contributed by atoms with Crippen LogP contribution in [0.4, 0.5) is 0 Å². The first-order valence-corrected chi connectivity index (χ1v) is 8.53. The fraction of sp³-hybridized carbons (Fsp3) is 0.278. The molecule has 0 bridgehead atoms. The van der Waals surface area contributed by atoms with Gasteiger partial charge in [0.2, 0.25) is 5.78 Å². The normalized spacial score (nSPS) is 11.6. The van der Waals surface area contributed by atoms with Gasteiger partial charge in [0, 0.05) is 5.56 Å². The lowest BCUT2D eigenvalue weighted by molar-refractivity contribution is -0.145. The molecular formula is C18H19NO4S. The third-order valence-electron chi connectivity index (χ3n) is 3.46. The summed E-state index contributed by atoms with van der Waals surface area (Å²) in [5.74, 6) is -1.25. The SMILES string of the molecule is CCc1ccc(C(=O)[C@H](C)OC(=O)CNC(=O)c2cccs2)cc1. The van der Waals surface area contributed by atoms with E-state index in [4.69, 9.17) is 4.74 Å². The van der Waals surface area contributed by atoms with Gasteiger partial charge >= 0.3 is 5.97 Å². The van der Waals surface area contributed by atoms with Gasteiger partial charge in [-0.15, -0.1) is 11.3 Å². The summed E-state index contributed by atoms with van der Waals surface area (Å²) in [6.45, 7) is 3.28. The van der Waals surface area contributed by atoms with Crippen molar-refractivity contribution in [2.24, 2.45) is 0 Å². The molecule has 6 heteroatoms. The van der Waals surface area contributed by atoms with E-state index in [1.165, 1.54) is 18.3 Å². The van der Waals surface area contributed by atoms with Crippen molar-refractivity contribution in [2.45, 2.75) is 26.4 Å². The molecule has 1 amide bonds. The second-order valence-corrected chi connectivity index (χ2v) is 6.15. The van der Waals surface area contributed by atoms with Crippen LogP contribution in [0.2, 0.25) is 0 Å². The minimum absolute atomic E-state index is 0.268. The summed E-state index contributed by atoms with van der Waals surface area (Å²) >= 11 is 1.28. The molecule has 2 aromatic rings. The van der Waals surface area contributed by atoms with E-state index in [9.17, 15) is 14.4 Å². The van der Waals surface area contributed by atoms with Gasteiger partial charge in [0.05, 0.1) is 4.88 Å². The summed E-state index contributed by atoms with van der Waals surface area (Å²) in [6.07, 6.45) is -0.00762. The van der Waals surface area contributed by atoms with Gasteiger partial charge in [-0.1, -0.05) is 37.3 Å². The maximum Gasteiger partial charge on any atom is 0.326 e. The van der Waals surface area contributed by atoms with Crippen LogP contribution in [-0.2, 0) is 16.0 Å². The van der Waals surface area contributed by atoms with Gasteiger partial charge in [0.15, 0.2) is 6.10 Å². The van der Waals surface area contributed by atoms with Gasteiger partial charge in [-0.25, -0.2) is 0 Å². The lowest BCUT2D eigenvalue weighted by Crippen LogP contribution is -2.33. The van der Waals surface area contributed by atoms with Crippen LogP contribution in [0.25, 0.3) is 0 Å². The molecule has 1 aromatic carbocycles. The topological polar surface area (TPSA) is 72.5 Å². The number of esters is 1. The third kappa shape index (κ3) is 4.76. The third-order valence-corrected chi connectivity index (χ3v) is 4.33. The van der Waals surface area contributed by atoms with Crippen LogP contribution in [0.1, 0.15) is 39.4 Å². The second kappa shape index (κ2) is 8.40. The maximum absolute atomic E-state index is 12.2. The highest BCUT2D eigenvalue weighted by Crippen LogP contribution is 2.10. The Hall–Kier alpha value is -2.47. The van der Waals surface area contributed by atoms with Crippen molar-refractivity contribution in [3.05, 3.63) is 57.8 Å². The van der Waals surface area contributed by atoms with Crippen molar-refractivity contribution >= 4 is 29.0 Å². The van der Waals surface area contributed by atoms with E-state index < -0.39 is 12.1 Å². The molecule has 1 aromatic heterocycles. The Bertz CT molecular complexity index is 707. The number of aryl methyl sites for hydroxylation is 1. The van der Waals surface area contributed by atoms with Crippen molar-refractivity contribution in [1.82, 2.24) is 5.32 Å². The van der Waals surface area contributed by atoms with Gasteiger partial charge in [-0.05, 0) is 30.4 Å². The van der Waals surface area contributed by atoms with Gasteiger partial charge in [-0.3, -0.25) is 14.4 Å². The molecule has 0 fully saturated rings. The minimum atomic E-state index is -0.899. The Labute approximate surface area is 144 Å². The van der Waals surface area contributed by atoms with E-state index in [1.54, 1.807) is 29.6 Å². The van der Waals surface area contributed by atoms with Crippen LogP contribution >= 0.6 is 11.3 Å². The van der Waals surface area contributed by atoms with Crippen molar-refractivity contribution in [1.29, 1.82) is 0 Å². The summed E-state index contributed by atoms with van der Waals surface area (Å²) in [7, 11) is 0. The summed E-state index contributed by atoms with van der Waals surface area (Å²) in [6, 6.07) is 10.6. The van der Waals surface area contributed by atoms with Crippen LogP contribution in [0.5, 0.6) is 0 Å². The molecule has 2 rings (SSSR count). The smallest absolute Gasteiger partial charge is 0.326 e. The van der Waals surface area contributed by atoms with E-state index in [0.717, 1.165) is 12.0 Å². The van der Waals surface area contributed by atoms with E-state index in [0.29, 0.717) is 10.4 Å². The number of carbonyl (C=O) groups excluding carboxylic acids is 3. The van der Waals surface area contributed by atoms with Crippen LogP contribution in [0.15, 0.2) is 41.8 Å². The Balaban J connectivity index is 1.83. The van der Waals surface area contributed by atoms with Crippen molar-refractivity contribution in [3.8, 4) is 0 Å². The molecule has 126 valence electrons. The van der Waals surface area contributed by atoms with Crippen LogP contribution in [0, 0.1) is 0 Å². The Kier molecular flexibility index (Phi) is 6.26. The zero-order valence-electron chi connectivity index (χ0n) is 13.6. The maximum atomic E-state index is 12.2. The molecule has 5 nitrogen and oxygen atoms in total. The number of ketones is 1. The fourth-order valence-corrected chi connectivity index (χ4v) is 2.72. The van der Waals surface area contributed by atoms with Crippen LogP contribution in [-0.4, -0.2) is 30.3 Å². The lowest BCUT2D eigenvalue weighted by atomic mass is 10.0. The number of Topliss-reactive ketones (excluding diaryl/α,β-unsaturated/α-hetero) is 1. The lowest BCUT2D eigenvalue weighted by Gasteiger charge is -2.13. The molecule has 1 atom stereocenters. The molecule has 0 saturated heterocycles.